The molecule has 2 aliphatic heterocycles. The van der Waals surface area contributed by atoms with Crippen LogP contribution in [-0.4, -0.2) is 124 Å². The zero-order chi connectivity index (χ0) is 25.2. The summed E-state index contributed by atoms with van der Waals surface area (Å²) in [6.45, 7) is 3.35. The number of hydrogen-bond acceptors (Lipinski definition) is 10. The number of carbonyl (C=O) groups excluding carboxylic acids is 2. The Morgan fingerprint density at radius 3 is 1.60 bits per heavy atom. The Labute approximate surface area is 212 Å². The summed E-state index contributed by atoms with van der Waals surface area (Å²) in [5.41, 5.74) is -0.882. The molecular weight excluding hydrogens is 496 g/mol. The second kappa shape index (κ2) is 18.1. The first-order valence-electron chi connectivity index (χ1n) is 11.8. The lowest BCUT2D eigenvalue weighted by molar-refractivity contribution is -0.0836. The number of carbonyl (C=O) groups is 2. The molecule has 12 nitrogen and oxygen atoms in total. The number of epoxide rings is 2. The zero-order valence-corrected chi connectivity index (χ0v) is 22.6. The number of ether oxygens (including phenoxy) is 6. The van der Waals surface area contributed by atoms with Crippen molar-refractivity contribution in [3.05, 3.63) is 0 Å². The molecule has 0 spiro atoms. The molecule has 2 heterocycles. The van der Waals surface area contributed by atoms with Gasteiger partial charge in [-0.3, -0.25) is 0 Å². The number of nitrogens with one attached hydrogen (secondary N) is 2. The van der Waals surface area contributed by atoms with Crippen molar-refractivity contribution < 1.29 is 46.9 Å². The average molecular weight is 535 g/mol. The van der Waals surface area contributed by atoms with E-state index < -0.39 is 17.6 Å². The van der Waals surface area contributed by atoms with Crippen LogP contribution in [-0.2, 0) is 37.3 Å². The topological polar surface area (TPSA) is 139 Å². The molecule has 0 aromatic heterocycles. The van der Waals surface area contributed by atoms with Crippen LogP contribution in [0.2, 0.25) is 12.1 Å². The predicted octanol–water partition coefficient (Wildman–Crippen LogP) is 0.404. The van der Waals surface area contributed by atoms with Crippen LogP contribution in [0.25, 0.3) is 0 Å². The molecule has 0 aromatic rings. The highest BCUT2D eigenvalue weighted by Gasteiger charge is 2.37. The van der Waals surface area contributed by atoms with Gasteiger partial charge in [-0.05, 0) is 24.9 Å². The molecule has 200 valence electrons. The van der Waals surface area contributed by atoms with Gasteiger partial charge < -0.3 is 47.9 Å². The van der Waals surface area contributed by atoms with Gasteiger partial charge >= 0.3 is 12.2 Å². The fraction of sp³-hybridized carbons (Fsp3) is 0.905. The van der Waals surface area contributed by atoms with Crippen molar-refractivity contribution in [2.75, 3.05) is 80.2 Å². The van der Waals surface area contributed by atoms with Crippen molar-refractivity contribution in [1.29, 1.82) is 0 Å². The van der Waals surface area contributed by atoms with Gasteiger partial charge in [-0.15, -0.1) is 0 Å². The van der Waals surface area contributed by atoms with Crippen LogP contribution in [0, 0.1) is 5.41 Å². The quantitative estimate of drug-likeness (QED) is 0.114. The second-order valence-electron chi connectivity index (χ2n) is 8.35. The molecule has 0 aliphatic carbocycles. The Bertz CT molecular complexity index is 546. The molecule has 4 radical (unpaired) electrons. The van der Waals surface area contributed by atoms with Crippen molar-refractivity contribution in [1.82, 2.24) is 10.6 Å². The van der Waals surface area contributed by atoms with E-state index in [4.69, 9.17) is 37.3 Å². The third-order valence-corrected chi connectivity index (χ3v) is 6.68. The van der Waals surface area contributed by atoms with Crippen LogP contribution < -0.4 is 10.6 Å². The summed E-state index contributed by atoms with van der Waals surface area (Å²) >= 11 is 0. The highest BCUT2D eigenvalue weighted by Crippen LogP contribution is 2.23. The normalized spacial score (nSPS) is 18.7. The number of alkyl carbamates (subject to hydrolysis) is 2. The Hall–Kier alpha value is -1.27. The second-order valence-corrected chi connectivity index (χ2v) is 10.7. The van der Waals surface area contributed by atoms with Gasteiger partial charge in [-0.25, -0.2) is 9.59 Å². The largest absolute Gasteiger partial charge is 0.449 e. The molecule has 2 N–H and O–H groups in total. The molecule has 2 saturated heterocycles. The molecule has 0 bridgehead atoms. The molecule has 0 aromatic carbocycles. The van der Waals surface area contributed by atoms with Gasteiger partial charge in [-0.2, -0.15) is 0 Å². The van der Waals surface area contributed by atoms with Gasteiger partial charge in [0.2, 0.25) is 19.5 Å². The van der Waals surface area contributed by atoms with E-state index in [9.17, 15) is 9.59 Å². The lowest BCUT2D eigenvalue weighted by atomic mass is 9.92. The van der Waals surface area contributed by atoms with E-state index in [1.54, 1.807) is 14.2 Å². The number of rotatable bonds is 22. The highest BCUT2D eigenvalue weighted by molar-refractivity contribution is 6.27. The smallest absolute Gasteiger partial charge is 0.407 e. The highest BCUT2D eigenvalue weighted by atomic mass is 28.2. The minimum atomic E-state index is -0.882. The van der Waals surface area contributed by atoms with Crippen molar-refractivity contribution >= 4 is 31.7 Å². The molecular formula is C21H38N2O10Si2. The van der Waals surface area contributed by atoms with Gasteiger partial charge in [0.1, 0.15) is 25.4 Å². The summed E-state index contributed by atoms with van der Waals surface area (Å²) in [6, 6.07) is 1.73. The molecule has 0 saturated carbocycles. The van der Waals surface area contributed by atoms with Crippen LogP contribution >= 0.6 is 0 Å². The summed E-state index contributed by atoms with van der Waals surface area (Å²) in [5, 5.41) is 5.46. The maximum atomic E-state index is 12.3. The van der Waals surface area contributed by atoms with Crippen LogP contribution in [0.1, 0.15) is 12.8 Å². The van der Waals surface area contributed by atoms with E-state index in [0.29, 0.717) is 59.0 Å². The molecule has 2 aliphatic rings. The van der Waals surface area contributed by atoms with E-state index in [1.807, 2.05) is 0 Å². The maximum absolute atomic E-state index is 12.3. The molecule has 2 amide bonds. The predicted molar refractivity (Wildman–Crippen MR) is 127 cm³/mol. The van der Waals surface area contributed by atoms with Crippen molar-refractivity contribution in [2.45, 2.75) is 37.1 Å². The van der Waals surface area contributed by atoms with E-state index in [2.05, 4.69) is 10.6 Å². The molecule has 2 atom stereocenters. The fourth-order valence-electron chi connectivity index (χ4n) is 2.84. The van der Waals surface area contributed by atoms with Crippen molar-refractivity contribution in [3.63, 3.8) is 0 Å². The third-order valence-electron chi connectivity index (χ3n) is 4.99. The fourth-order valence-corrected chi connectivity index (χ4v) is 3.89. The summed E-state index contributed by atoms with van der Waals surface area (Å²) < 4.78 is 43.1. The molecule has 2 fully saturated rings. The van der Waals surface area contributed by atoms with E-state index >= 15 is 0 Å². The van der Waals surface area contributed by atoms with Crippen molar-refractivity contribution in [3.8, 4) is 0 Å². The zero-order valence-electron chi connectivity index (χ0n) is 20.6. The number of hydrogen-bond donors (Lipinski definition) is 2. The van der Waals surface area contributed by atoms with E-state index in [-0.39, 0.29) is 38.6 Å². The summed E-state index contributed by atoms with van der Waals surface area (Å²) in [6.07, 6.45) is 0.625. The minimum absolute atomic E-state index is 0.0437. The Balaban J connectivity index is 1.86. The molecule has 14 heteroatoms. The van der Waals surface area contributed by atoms with Gasteiger partial charge in [0.05, 0.1) is 45.1 Å². The first kappa shape index (κ1) is 30.0. The SMILES string of the molecule is CO[Si]CCCNC(=O)OCC(COCC1CO1)(COCC1CO1)COC(=O)NCCC[Si]OC. The standard InChI is InChI=1S/C21H38N2O10Si2/c1-26-34-7-3-5-22-19(24)32-15-21(13-28-9-17-11-30-17,14-29-10-18-12-31-18)16-33-20(25)23-6-4-8-35-27-2/h17-18H,3-16H2,1-2H3,(H,22,24)(H,23,25). The Morgan fingerprint density at radius 2 is 1.23 bits per heavy atom. The minimum Gasteiger partial charge on any atom is -0.449 e. The number of amides is 2. The van der Waals surface area contributed by atoms with Crippen molar-refractivity contribution in [2.24, 2.45) is 5.41 Å². The van der Waals surface area contributed by atoms with E-state index in [0.717, 1.165) is 24.9 Å². The first-order chi connectivity index (χ1) is 17.1. The third kappa shape index (κ3) is 15.5. The molecule has 2 unspecified atom stereocenters. The lowest BCUT2D eigenvalue weighted by Crippen LogP contribution is -2.45. The van der Waals surface area contributed by atoms with Crippen LogP contribution in [0.15, 0.2) is 0 Å². The summed E-state index contributed by atoms with van der Waals surface area (Å²) in [7, 11) is 4.11. The van der Waals surface area contributed by atoms with Crippen LogP contribution in [0.4, 0.5) is 9.59 Å². The van der Waals surface area contributed by atoms with Crippen LogP contribution in [0.5, 0.6) is 0 Å². The summed E-state index contributed by atoms with van der Waals surface area (Å²) in [5.74, 6) is 0. The molecule has 35 heavy (non-hydrogen) atoms. The Kier molecular flexibility index (Phi) is 15.5. The molecule has 2 rings (SSSR count). The lowest BCUT2D eigenvalue weighted by Gasteiger charge is -2.32. The van der Waals surface area contributed by atoms with Crippen LogP contribution in [0.3, 0.4) is 0 Å². The van der Waals surface area contributed by atoms with Gasteiger partial charge in [0.15, 0.2) is 0 Å². The monoisotopic (exact) mass is 534 g/mol. The Morgan fingerprint density at radius 1 is 0.800 bits per heavy atom. The summed E-state index contributed by atoms with van der Waals surface area (Å²) in [4.78, 5) is 24.5. The van der Waals surface area contributed by atoms with E-state index in [1.165, 1.54) is 0 Å². The van der Waals surface area contributed by atoms with Gasteiger partial charge in [0, 0.05) is 27.3 Å². The van der Waals surface area contributed by atoms with Gasteiger partial charge in [-0.1, -0.05) is 0 Å². The van der Waals surface area contributed by atoms with Gasteiger partial charge in [0.25, 0.3) is 0 Å². The maximum Gasteiger partial charge on any atom is 0.407 e. The first-order valence-corrected chi connectivity index (χ1v) is 14.0. The average Bonchev–Trinajstić information content (AvgIpc) is 3.77.